The topological polar surface area (TPSA) is 63.4 Å². The smallest absolute Gasteiger partial charge is 0.243 e. The number of sulfonamides is 1. The maximum absolute atomic E-state index is 12.2. The molecule has 4 nitrogen and oxygen atoms in total. The average Bonchev–Trinajstić information content (AvgIpc) is 2.83. The van der Waals surface area contributed by atoms with Crippen LogP contribution in [0.15, 0.2) is 29.2 Å². The Kier molecular flexibility index (Phi) is 3.46. The van der Waals surface area contributed by atoms with Gasteiger partial charge >= 0.3 is 0 Å². The Hall–Kier alpha value is -0.980. The monoisotopic (exact) mass is 270 g/mol. The SMILES string of the molecule is NC(=S)c1ccc(S(=O)(=O)N2CCCC2)cc1. The molecule has 2 N–H and O–H groups in total. The van der Waals surface area contributed by atoms with Crippen LogP contribution in [0.3, 0.4) is 0 Å². The van der Waals surface area contributed by atoms with E-state index in [1.54, 1.807) is 24.3 Å². The van der Waals surface area contributed by atoms with E-state index in [9.17, 15) is 8.42 Å². The fourth-order valence-electron chi connectivity index (χ4n) is 1.87. The molecular weight excluding hydrogens is 256 g/mol. The second-order valence-corrected chi connectivity index (χ2v) is 6.38. The molecule has 1 aliphatic heterocycles. The fourth-order valence-corrected chi connectivity index (χ4v) is 3.52. The van der Waals surface area contributed by atoms with Gasteiger partial charge in [0.05, 0.1) is 4.90 Å². The molecule has 0 radical (unpaired) electrons. The highest BCUT2D eigenvalue weighted by molar-refractivity contribution is 7.89. The van der Waals surface area contributed by atoms with Gasteiger partial charge in [0.1, 0.15) is 4.99 Å². The second kappa shape index (κ2) is 4.72. The van der Waals surface area contributed by atoms with Crippen LogP contribution in [0, 0.1) is 0 Å². The van der Waals surface area contributed by atoms with Gasteiger partial charge in [0.2, 0.25) is 10.0 Å². The van der Waals surface area contributed by atoms with Crippen molar-refractivity contribution < 1.29 is 8.42 Å². The van der Waals surface area contributed by atoms with E-state index in [1.165, 1.54) is 4.31 Å². The van der Waals surface area contributed by atoms with Crippen molar-refractivity contribution in [3.63, 3.8) is 0 Å². The van der Waals surface area contributed by atoms with Gasteiger partial charge in [-0.05, 0) is 25.0 Å². The van der Waals surface area contributed by atoms with E-state index in [2.05, 4.69) is 0 Å². The molecule has 0 aromatic heterocycles. The first-order valence-corrected chi connectivity index (χ1v) is 7.26. The summed E-state index contributed by atoms with van der Waals surface area (Å²) in [7, 11) is -3.33. The van der Waals surface area contributed by atoms with Crippen molar-refractivity contribution in [3.05, 3.63) is 29.8 Å². The number of nitrogens with two attached hydrogens (primary N) is 1. The summed E-state index contributed by atoms with van der Waals surface area (Å²) in [4.78, 5) is 0.578. The first-order valence-electron chi connectivity index (χ1n) is 5.42. The fraction of sp³-hybridized carbons (Fsp3) is 0.364. The van der Waals surface area contributed by atoms with Crippen LogP contribution in [0.1, 0.15) is 18.4 Å². The van der Waals surface area contributed by atoms with Crippen molar-refractivity contribution in [3.8, 4) is 0 Å². The molecule has 1 aromatic rings. The molecule has 92 valence electrons. The molecule has 0 unspecified atom stereocenters. The average molecular weight is 270 g/mol. The number of hydrogen-bond donors (Lipinski definition) is 1. The van der Waals surface area contributed by atoms with Gasteiger partial charge in [-0.2, -0.15) is 4.31 Å². The molecule has 0 amide bonds. The van der Waals surface area contributed by atoms with Crippen LogP contribution in [-0.2, 0) is 10.0 Å². The van der Waals surface area contributed by atoms with Crippen molar-refractivity contribution >= 4 is 27.2 Å². The third-order valence-corrected chi connectivity index (χ3v) is 4.99. The minimum absolute atomic E-state index is 0.273. The standard InChI is InChI=1S/C11H14N2O2S2/c12-11(16)9-3-5-10(6-4-9)17(14,15)13-7-1-2-8-13/h3-6H,1-2,7-8H2,(H2,12,16). The predicted molar refractivity (Wildman–Crippen MR) is 70.3 cm³/mol. The lowest BCUT2D eigenvalue weighted by Gasteiger charge is -2.15. The molecule has 17 heavy (non-hydrogen) atoms. The molecule has 0 atom stereocenters. The first kappa shape index (κ1) is 12.5. The largest absolute Gasteiger partial charge is 0.389 e. The summed E-state index contributed by atoms with van der Waals surface area (Å²) in [5.74, 6) is 0. The molecular formula is C11H14N2O2S2. The van der Waals surface area contributed by atoms with Crippen molar-refractivity contribution in [1.82, 2.24) is 4.31 Å². The Bertz CT molecular complexity index is 517. The van der Waals surface area contributed by atoms with Crippen molar-refractivity contribution in [1.29, 1.82) is 0 Å². The quantitative estimate of drug-likeness (QED) is 0.836. The van der Waals surface area contributed by atoms with Gasteiger partial charge in [0, 0.05) is 18.7 Å². The maximum Gasteiger partial charge on any atom is 0.243 e. The van der Waals surface area contributed by atoms with E-state index in [-0.39, 0.29) is 4.99 Å². The van der Waals surface area contributed by atoms with Crippen LogP contribution in [0.25, 0.3) is 0 Å². The normalized spacial score (nSPS) is 17.2. The Morgan fingerprint density at radius 3 is 2.18 bits per heavy atom. The Morgan fingerprint density at radius 1 is 1.18 bits per heavy atom. The molecule has 0 spiro atoms. The highest BCUT2D eigenvalue weighted by atomic mass is 32.2. The third-order valence-electron chi connectivity index (χ3n) is 2.84. The van der Waals surface area contributed by atoms with Crippen molar-refractivity contribution in [2.24, 2.45) is 5.73 Å². The molecule has 0 saturated carbocycles. The lowest BCUT2D eigenvalue weighted by atomic mass is 10.2. The zero-order valence-electron chi connectivity index (χ0n) is 9.30. The summed E-state index contributed by atoms with van der Waals surface area (Å²) in [6.07, 6.45) is 1.87. The lowest BCUT2D eigenvalue weighted by Crippen LogP contribution is -2.27. The number of benzene rings is 1. The molecule has 1 aliphatic rings. The van der Waals surface area contributed by atoms with Gasteiger partial charge in [-0.15, -0.1) is 0 Å². The minimum Gasteiger partial charge on any atom is -0.389 e. The third kappa shape index (κ3) is 2.48. The van der Waals surface area contributed by atoms with Gasteiger partial charge in [-0.25, -0.2) is 8.42 Å². The summed E-state index contributed by atoms with van der Waals surface area (Å²) in [6, 6.07) is 6.40. The van der Waals surface area contributed by atoms with E-state index >= 15 is 0 Å². The number of rotatable bonds is 3. The Balaban J connectivity index is 2.30. The highest BCUT2D eigenvalue weighted by Gasteiger charge is 2.26. The van der Waals surface area contributed by atoms with Crippen molar-refractivity contribution in [2.45, 2.75) is 17.7 Å². The summed E-state index contributed by atoms with van der Waals surface area (Å²) >= 11 is 4.82. The van der Waals surface area contributed by atoms with E-state index < -0.39 is 10.0 Å². The molecule has 0 bridgehead atoms. The predicted octanol–water partition coefficient (Wildman–Crippen LogP) is 1.11. The van der Waals surface area contributed by atoms with Gasteiger partial charge in [-0.1, -0.05) is 24.4 Å². The zero-order chi connectivity index (χ0) is 12.5. The summed E-state index contributed by atoms with van der Waals surface area (Å²) in [6.45, 7) is 1.22. The summed E-state index contributed by atoms with van der Waals surface area (Å²) in [5, 5.41) is 0. The minimum atomic E-state index is -3.33. The van der Waals surface area contributed by atoms with Gasteiger partial charge in [0.15, 0.2) is 0 Å². The Morgan fingerprint density at radius 2 is 1.71 bits per heavy atom. The zero-order valence-corrected chi connectivity index (χ0v) is 10.9. The van der Waals surface area contributed by atoms with E-state index in [4.69, 9.17) is 18.0 Å². The van der Waals surface area contributed by atoms with Crippen LogP contribution in [0.4, 0.5) is 0 Å². The van der Waals surface area contributed by atoms with Crippen LogP contribution in [-0.4, -0.2) is 30.8 Å². The molecule has 1 saturated heterocycles. The highest BCUT2D eigenvalue weighted by Crippen LogP contribution is 2.20. The van der Waals surface area contributed by atoms with Crippen LogP contribution < -0.4 is 5.73 Å². The molecule has 2 rings (SSSR count). The Labute approximate surface area is 106 Å². The molecule has 1 fully saturated rings. The lowest BCUT2D eigenvalue weighted by molar-refractivity contribution is 0.477. The number of hydrogen-bond acceptors (Lipinski definition) is 3. The van der Waals surface area contributed by atoms with Crippen LogP contribution in [0.2, 0.25) is 0 Å². The number of thiocarbonyl (C=S) groups is 1. The van der Waals surface area contributed by atoms with E-state index in [0.29, 0.717) is 23.5 Å². The van der Waals surface area contributed by atoms with Gasteiger partial charge in [0.25, 0.3) is 0 Å². The van der Waals surface area contributed by atoms with E-state index in [0.717, 1.165) is 12.8 Å². The summed E-state index contributed by atoms with van der Waals surface area (Å²) < 4.78 is 25.9. The molecule has 1 aromatic carbocycles. The second-order valence-electron chi connectivity index (χ2n) is 4.00. The van der Waals surface area contributed by atoms with Crippen LogP contribution >= 0.6 is 12.2 Å². The molecule has 1 heterocycles. The van der Waals surface area contributed by atoms with Crippen molar-refractivity contribution in [2.75, 3.05) is 13.1 Å². The maximum atomic E-state index is 12.2. The molecule has 0 aliphatic carbocycles. The molecule has 6 heteroatoms. The number of nitrogens with zero attached hydrogens (tertiary/aromatic N) is 1. The summed E-state index contributed by atoms with van der Waals surface area (Å²) in [5.41, 5.74) is 6.15. The van der Waals surface area contributed by atoms with Crippen LogP contribution in [0.5, 0.6) is 0 Å². The first-order chi connectivity index (χ1) is 8.01. The van der Waals surface area contributed by atoms with Gasteiger partial charge < -0.3 is 5.73 Å². The van der Waals surface area contributed by atoms with E-state index in [1.807, 2.05) is 0 Å². The van der Waals surface area contributed by atoms with Gasteiger partial charge in [-0.3, -0.25) is 0 Å².